The average molecular weight is 340 g/mol. The minimum Gasteiger partial charge on any atom is -0.315 e. The molecule has 2 aromatic rings. The lowest BCUT2D eigenvalue weighted by molar-refractivity contribution is 0.0979. The van der Waals surface area contributed by atoms with Gasteiger partial charge in [-0.05, 0) is 29.5 Å². The van der Waals surface area contributed by atoms with E-state index >= 15 is 0 Å². The molecule has 22 heavy (non-hydrogen) atoms. The van der Waals surface area contributed by atoms with Crippen LogP contribution in [-0.4, -0.2) is 18.9 Å². The van der Waals surface area contributed by atoms with Crippen LogP contribution in [0.1, 0.15) is 24.2 Å². The molecule has 0 spiro atoms. The second kappa shape index (κ2) is 6.45. The summed E-state index contributed by atoms with van der Waals surface area (Å²) in [5.74, 6) is -0.692. The fourth-order valence-corrected chi connectivity index (χ4v) is 3.85. The molecule has 0 saturated heterocycles. The molecule has 118 valence electrons. The zero-order valence-corrected chi connectivity index (χ0v) is 13.8. The minimum atomic E-state index is -3.95. The Hall–Kier alpha value is -1.93. The van der Waals surface area contributed by atoms with Crippen molar-refractivity contribution in [1.82, 2.24) is 9.29 Å². The molecule has 1 N–H and O–H groups in total. The molecule has 6 nitrogen and oxygen atoms in total. The van der Waals surface area contributed by atoms with Gasteiger partial charge in [-0.2, -0.15) is 0 Å². The van der Waals surface area contributed by atoms with Crippen molar-refractivity contribution in [3.05, 3.63) is 51.8 Å². The van der Waals surface area contributed by atoms with Crippen molar-refractivity contribution in [1.29, 1.82) is 0 Å². The monoisotopic (exact) mass is 340 g/mol. The molecule has 2 heterocycles. The predicted molar refractivity (Wildman–Crippen MR) is 84.5 cm³/mol. The topological polar surface area (TPSA) is 85.2 Å². The highest BCUT2D eigenvalue weighted by atomic mass is 32.2. The van der Waals surface area contributed by atoms with Gasteiger partial charge >= 0.3 is 0 Å². The summed E-state index contributed by atoms with van der Waals surface area (Å²) in [5, 5.41) is 1.59. The lowest BCUT2D eigenvalue weighted by Gasteiger charge is -2.10. The molecule has 0 fully saturated rings. The summed E-state index contributed by atoms with van der Waals surface area (Å²) in [6.07, 6.45) is 1.58. The van der Waals surface area contributed by atoms with Gasteiger partial charge in [0.15, 0.2) is 0 Å². The first kappa shape index (κ1) is 16.4. The summed E-state index contributed by atoms with van der Waals surface area (Å²) < 4.78 is 27.4. The van der Waals surface area contributed by atoms with Gasteiger partial charge in [-0.15, -0.1) is 11.3 Å². The summed E-state index contributed by atoms with van der Waals surface area (Å²) in [6, 6.07) is 5.83. The standard InChI is InChI=1S/C14H16N2O4S2/c1-10(2)9-16-7-3-5-11(14(16)18)13(17)15-22(19,20)12-6-4-8-21-12/h3-8,10H,9H2,1-2H3,(H,15,17). The Bertz CT molecular complexity index is 821. The number of hydrogen-bond donors (Lipinski definition) is 1. The highest BCUT2D eigenvalue weighted by Crippen LogP contribution is 2.15. The van der Waals surface area contributed by atoms with E-state index in [4.69, 9.17) is 0 Å². The second-order valence-corrected chi connectivity index (χ2v) is 8.00. The molecule has 0 unspecified atom stereocenters. The smallest absolute Gasteiger partial charge is 0.273 e. The summed E-state index contributed by atoms with van der Waals surface area (Å²) in [5.41, 5.74) is -0.696. The molecule has 0 aliphatic heterocycles. The molecule has 1 amide bonds. The fraction of sp³-hybridized carbons (Fsp3) is 0.286. The van der Waals surface area contributed by atoms with Crippen LogP contribution in [0.2, 0.25) is 0 Å². The van der Waals surface area contributed by atoms with Crippen molar-refractivity contribution in [3.63, 3.8) is 0 Å². The summed E-state index contributed by atoms with van der Waals surface area (Å²) >= 11 is 0.997. The fourth-order valence-electron chi connectivity index (χ4n) is 1.89. The van der Waals surface area contributed by atoms with Crippen LogP contribution in [0.4, 0.5) is 0 Å². The molecular formula is C14H16N2O4S2. The Balaban J connectivity index is 2.29. The van der Waals surface area contributed by atoms with Gasteiger partial charge in [-0.1, -0.05) is 19.9 Å². The zero-order valence-electron chi connectivity index (χ0n) is 12.1. The Morgan fingerprint density at radius 1 is 1.32 bits per heavy atom. The zero-order chi connectivity index (χ0) is 16.3. The van der Waals surface area contributed by atoms with Crippen molar-refractivity contribution in [2.24, 2.45) is 5.92 Å². The van der Waals surface area contributed by atoms with Crippen molar-refractivity contribution >= 4 is 27.3 Å². The molecule has 2 aromatic heterocycles. The first-order valence-electron chi connectivity index (χ1n) is 6.61. The van der Waals surface area contributed by atoms with E-state index in [2.05, 4.69) is 0 Å². The molecule has 0 aromatic carbocycles. The summed E-state index contributed by atoms with van der Waals surface area (Å²) in [4.78, 5) is 24.3. The van der Waals surface area contributed by atoms with Crippen molar-refractivity contribution < 1.29 is 13.2 Å². The molecule has 0 aliphatic rings. The number of nitrogens with one attached hydrogen (secondary N) is 1. The van der Waals surface area contributed by atoms with Crippen LogP contribution in [0, 0.1) is 5.92 Å². The number of aromatic nitrogens is 1. The van der Waals surface area contributed by atoms with E-state index in [-0.39, 0.29) is 15.7 Å². The Morgan fingerprint density at radius 2 is 2.05 bits per heavy atom. The second-order valence-electron chi connectivity index (χ2n) is 5.14. The third-order valence-electron chi connectivity index (χ3n) is 2.81. The predicted octanol–water partition coefficient (Wildman–Crippen LogP) is 1.68. The van der Waals surface area contributed by atoms with E-state index in [0.29, 0.717) is 6.54 Å². The third kappa shape index (κ3) is 3.63. The number of rotatable bonds is 5. The maximum absolute atomic E-state index is 12.2. The maximum Gasteiger partial charge on any atom is 0.273 e. The number of nitrogens with zero attached hydrogens (tertiary/aromatic N) is 1. The van der Waals surface area contributed by atoms with Gasteiger partial charge in [-0.25, -0.2) is 13.1 Å². The maximum atomic E-state index is 12.2. The Labute approximate surface area is 132 Å². The largest absolute Gasteiger partial charge is 0.315 e. The molecule has 2 rings (SSSR count). The van der Waals surface area contributed by atoms with E-state index in [1.165, 1.54) is 16.7 Å². The van der Waals surface area contributed by atoms with E-state index in [0.717, 1.165) is 11.3 Å². The lowest BCUT2D eigenvalue weighted by atomic mass is 10.2. The van der Waals surface area contributed by atoms with Gasteiger partial charge in [-0.3, -0.25) is 9.59 Å². The summed E-state index contributed by atoms with van der Waals surface area (Å²) in [6.45, 7) is 4.35. The molecule has 8 heteroatoms. The average Bonchev–Trinajstić information content (AvgIpc) is 2.94. The third-order valence-corrected chi connectivity index (χ3v) is 5.54. The van der Waals surface area contributed by atoms with E-state index in [1.54, 1.807) is 23.7 Å². The summed E-state index contributed by atoms with van der Waals surface area (Å²) in [7, 11) is -3.95. The number of carbonyl (C=O) groups is 1. The van der Waals surface area contributed by atoms with Gasteiger partial charge in [0.1, 0.15) is 9.77 Å². The lowest BCUT2D eigenvalue weighted by Crippen LogP contribution is -2.36. The van der Waals surface area contributed by atoms with Gasteiger partial charge in [0.25, 0.3) is 21.5 Å². The van der Waals surface area contributed by atoms with Crippen molar-refractivity contribution in [2.45, 2.75) is 24.6 Å². The van der Waals surface area contributed by atoms with Gasteiger partial charge < -0.3 is 4.57 Å². The number of sulfonamides is 1. The molecule has 0 radical (unpaired) electrons. The normalized spacial score (nSPS) is 11.6. The van der Waals surface area contributed by atoms with Crippen LogP contribution < -0.4 is 10.3 Å². The number of thiophene rings is 1. The molecule has 0 saturated carbocycles. The molecule has 0 aliphatic carbocycles. The molecule has 0 bridgehead atoms. The van der Waals surface area contributed by atoms with Crippen molar-refractivity contribution in [3.8, 4) is 0 Å². The van der Waals surface area contributed by atoms with Gasteiger partial charge in [0.05, 0.1) is 0 Å². The Kier molecular flexibility index (Phi) is 4.82. The first-order chi connectivity index (χ1) is 10.3. The van der Waals surface area contributed by atoms with Crippen LogP contribution in [0.25, 0.3) is 0 Å². The number of amides is 1. The van der Waals surface area contributed by atoms with Gasteiger partial charge in [0.2, 0.25) is 0 Å². The van der Waals surface area contributed by atoms with Crippen LogP contribution in [0.3, 0.4) is 0 Å². The number of pyridine rings is 1. The highest BCUT2D eigenvalue weighted by Gasteiger charge is 2.21. The number of carbonyl (C=O) groups excluding carboxylic acids is 1. The van der Waals surface area contributed by atoms with E-state index < -0.39 is 21.5 Å². The van der Waals surface area contributed by atoms with Gasteiger partial charge in [0, 0.05) is 12.7 Å². The SMILES string of the molecule is CC(C)Cn1cccc(C(=O)NS(=O)(=O)c2cccs2)c1=O. The van der Waals surface area contributed by atoms with E-state index in [9.17, 15) is 18.0 Å². The quantitative estimate of drug-likeness (QED) is 0.897. The number of hydrogen-bond acceptors (Lipinski definition) is 5. The van der Waals surface area contributed by atoms with Crippen molar-refractivity contribution in [2.75, 3.05) is 0 Å². The van der Waals surface area contributed by atoms with Crippen LogP contribution in [-0.2, 0) is 16.6 Å². The minimum absolute atomic E-state index is 0.0271. The molecular weight excluding hydrogens is 324 g/mol. The van der Waals surface area contributed by atoms with E-state index in [1.807, 2.05) is 18.6 Å². The Morgan fingerprint density at radius 3 is 2.64 bits per heavy atom. The molecule has 0 atom stereocenters. The van der Waals surface area contributed by atoms with Crippen LogP contribution >= 0.6 is 11.3 Å². The van der Waals surface area contributed by atoms with Crippen LogP contribution in [0.5, 0.6) is 0 Å². The first-order valence-corrected chi connectivity index (χ1v) is 8.97. The van der Waals surface area contributed by atoms with Crippen LogP contribution in [0.15, 0.2) is 44.8 Å². The highest BCUT2D eigenvalue weighted by molar-refractivity contribution is 7.92.